The average molecular weight is 179 g/mol. The normalized spacial score (nSPS) is 8.25. The molecule has 0 aliphatic heterocycles. The van der Waals surface area contributed by atoms with Crippen LogP contribution in [0, 0.1) is 42.4 Å². The van der Waals surface area contributed by atoms with Crippen LogP contribution in [0.4, 0.5) is 0 Å². The Morgan fingerprint density at radius 1 is 1.00 bits per heavy atom. The zero-order chi connectivity index (χ0) is 3.58. The third-order valence-corrected chi connectivity index (χ3v) is 0. The van der Waals surface area contributed by atoms with E-state index in [9.17, 15) is 0 Å². The van der Waals surface area contributed by atoms with Crippen molar-refractivity contribution in [1.29, 1.82) is 0 Å². The van der Waals surface area contributed by atoms with Gasteiger partial charge in [0.15, 0.2) is 0 Å². The molecule has 0 saturated carbocycles. The fourth-order valence-electron chi connectivity index (χ4n) is 0. The fourth-order valence-corrected chi connectivity index (χ4v) is 0. The van der Waals surface area contributed by atoms with Gasteiger partial charge < -0.3 is 0 Å². The van der Waals surface area contributed by atoms with Crippen LogP contribution in [-0.4, -0.2) is 0 Å². The van der Waals surface area contributed by atoms with E-state index in [1.165, 1.54) is 0 Å². The van der Waals surface area contributed by atoms with Gasteiger partial charge in [-0.15, -0.1) is 0 Å². The van der Waals surface area contributed by atoms with Crippen molar-refractivity contribution in [2.45, 2.75) is 0 Å². The van der Waals surface area contributed by atoms with Crippen molar-refractivity contribution in [3.63, 3.8) is 0 Å². The van der Waals surface area contributed by atoms with Gasteiger partial charge in [0.25, 0.3) is 0 Å². The summed E-state index contributed by atoms with van der Waals surface area (Å²) in [6.45, 7) is 0. The zero-order valence-electron chi connectivity index (χ0n) is 1.58. The number of hydrogen-bond donors (Lipinski definition) is 0. The van der Waals surface area contributed by atoms with E-state index in [-0.39, 0.29) is 0 Å². The molecule has 0 aromatic carbocycles. The molecule has 0 aromatic rings. The molecule has 0 bridgehead atoms. The van der Waals surface area contributed by atoms with Crippen LogP contribution >= 0.6 is 0 Å². The first-order valence-electron chi connectivity index (χ1n) is 0.433. The molecule has 3 nitrogen and oxygen atoms in total. The van der Waals surface area contributed by atoms with Crippen molar-refractivity contribution in [1.82, 2.24) is 0 Å². The van der Waals surface area contributed by atoms with Crippen molar-refractivity contribution >= 4 is 0 Å². The summed E-state index contributed by atoms with van der Waals surface area (Å²) in [4.78, 5) is 0. The molecule has 0 atom stereocenters. The Balaban J connectivity index is 4.65. The Hall–Kier alpha value is 0.971. The quantitative estimate of drug-likeness (QED) is 0.510. The summed E-state index contributed by atoms with van der Waals surface area (Å²) >= 11 is -3.92. The van der Waals surface area contributed by atoms with Crippen LogP contribution in [0.3, 0.4) is 0 Å². The van der Waals surface area contributed by atoms with Gasteiger partial charge in [0.05, 0.1) is 0 Å². The molecule has 0 unspecified atom stereocenters. The first-order chi connectivity index (χ1) is 1.73. The fraction of sp³-hybridized carbons (Fsp3) is 0. The summed E-state index contributed by atoms with van der Waals surface area (Å²) in [5.41, 5.74) is 0. The van der Waals surface area contributed by atoms with Crippen molar-refractivity contribution in [3.8, 4) is 0 Å². The molecule has 0 fully saturated rings. The van der Waals surface area contributed by atoms with E-state index in [0.717, 1.165) is 0 Å². The number of rotatable bonds is 0. The molecule has 0 radical (unpaired) electrons. The molecule has 0 aromatic heterocycles. The molecule has 0 saturated heterocycles. The molecule has 0 N–H and O–H groups in total. The molecular formula is O3Xe. The van der Waals surface area contributed by atoms with Crippen molar-refractivity contribution in [2.24, 2.45) is 0 Å². The zero-order valence-corrected chi connectivity index (χ0v) is 3.60. The van der Waals surface area contributed by atoms with E-state index in [4.69, 9.17) is 0.120 Å². The van der Waals surface area contributed by atoms with Crippen LogP contribution in [0.25, 0.3) is 0 Å². The summed E-state index contributed by atoms with van der Waals surface area (Å²) in [5.74, 6) is 0. The Kier molecular flexibility index (Phi) is 2.76. The summed E-state index contributed by atoms with van der Waals surface area (Å²) < 4.78 is 25.7. The maximum atomic E-state index is 8.56. The Labute approximate surface area is 41.6 Å². The van der Waals surface area contributed by atoms with Gasteiger partial charge in [-0.25, -0.2) is 0 Å². The molecule has 0 aliphatic carbocycles. The van der Waals surface area contributed by atoms with Crippen molar-refractivity contribution in [3.05, 3.63) is 0 Å². The predicted octanol–water partition coefficient (Wildman–Crippen LogP) is -0.356. The number of hydrogen-bond acceptors (Lipinski definition) is 3. The monoisotopic (exact) mass is 180 g/mol. The van der Waals surface area contributed by atoms with Gasteiger partial charge in [-0.3, -0.25) is 0 Å². The van der Waals surface area contributed by atoms with E-state index in [2.05, 4.69) is 0 Å². The average Bonchev–Trinajstić information content (AvgIpc) is 0.811. The van der Waals surface area contributed by atoms with Crippen molar-refractivity contribution in [2.75, 3.05) is 0 Å². The van der Waals surface area contributed by atoms with Crippen LogP contribution in [-0.2, 0) is 0.120 Å². The van der Waals surface area contributed by atoms with Crippen LogP contribution in [0.2, 0.25) is 0 Å². The third-order valence-electron chi connectivity index (χ3n) is 0. The van der Waals surface area contributed by atoms with Crippen LogP contribution in [0.5, 0.6) is 0 Å². The second-order valence-electron chi connectivity index (χ2n) is 0.177. The molecule has 0 amide bonds. The molecule has 0 rings (SSSR count). The first-order valence-corrected chi connectivity index (χ1v) is 2.90. The molecule has 4 heavy (non-hydrogen) atoms. The molecular weight excluding hydrogens is 179 g/mol. The molecule has 0 heterocycles. The predicted molar refractivity (Wildman–Crippen MR) is 2.06 cm³/mol. The van der Waals surface area contributed by atoms with E-state index in [0.29, 0.717) is 0 Å². The van der Waals surface area contributed by atoms with Crippen molar-refractivity contribution < 1.29 is 42.5 Å². The van der Waals surface area contributed by atoms with Gasteiger partial charge in [0, 0.05) is 0 Å². The summed E-state index contributed by atoms with van der Waals surface area (Å²) in [5, 5.41) is 0. The van der Waals surface area contributed by atoms with Gasteiger partial charge >= 0.3 is 42.5 Å². The minimum atomic E-state index is -3.92. The minimum absolute atomic E-state index is 3.92. The van der Waals surface area contributed by atoms with Gasteiger partial charge in [0.2, 0.25) is 0 Å². The molecule has 26 valence electrons. The van der Waals surface area contributed by atoms with Crippen LogP contribution in [0.1, 0.15) is 0 Å². The van der Waals surface area contributed by atoms with Gasteiger partial charge in [-0.1, -0.05) is 0 Å². The van der Waals surface area contributed by atoms with E-state index in [1.54, 1.807) is 0 Å². The Morgan fingerprint density at radius 2 is 1.00 bits per heavy atom. The first kappa shape index (κ1) is 4.97. The Morgan fingerprint density at radius 3 is 1.00 bits per heavy atom. The van der Waals surface area contributed by atoms with Gasteiger partial charge in [-0.05, 0) is 0 Å². The SMILES string of the molecule is O=[Xe](=O)=O. The standard InChI is InChI=1S/O3Xe/c1-4(2)3. The van der Waals surface area contributed by atoms with Crippen LogP contribution in [0.15, 0.2) is 0 Å². The second-order valence-corrected chi connectivity index (χ2v) is 1.19. The third kappa shape index (κ3) is 12.2. The van der Waals surface area contributed by atoms with Crippen LogP contribution < -0.4 is 0 Å². The molecule has 4 heteroatoms. The molecule has 0 spiro atoms. The summed E-state index contributed by atoms with van der Waals surface area (Å²) in [6.07, 6.45) is 0. The van der Waals surface area contributed by atoms with E-state index in [1.807, 2.05) is 0 Å². The van der Waals surface area contributed by atoms with Gasteiger partial charge in [-0.2, -0.15) is 0 Å². The summed E-state index contributed by atoms with van der Waals surface area (Å²) in [7, 11) is 0. The molecule has 0 aliphatic rings. The van der Waals surface area contributed by atoms with Gasteiger partial charge in [0.1, 0.15) is 0 Å². The maximum absolute atomic E-state index is 8.56. The van der Waals surface area contributed by atoms with E-state index >= 15 is 0 Å². The van der Waals surface area contributed by atoms with E-state index < -0.39 is 42.4 Å². The summed E-state index contributed by atoms with van der Waals surface area (Å²) in [6, 6.07) is 0. The topological polar surface area (TPSA) is 51.2 Å². The Bertz CT molecular complexity index is 72.7. The second kappa shape index (κ2) is 2.22.